The van der Waals surface area contributed by atoms with Crippen LogP contribution >= 0.6 is 27.5 Å². The standard InChI is InChI=1S/C10H6BrClF4O/c11-7-3-1-2-5(9(7)13)6(4-8(12)17)10(14,15)16/h1-3,6H,4H2. The molecule has 1 rings (SSSR count). The lowest BCUT2D eigenvalue weighted by atomic mass is 9.95. The highest BCUT2D eigenvalue weighted by Gasteiger charge is 2.43. The maximum atomic E-state index is 13.5. The lowest BCUT2D eigenvalue weighted by molar-refractivity contribution is -0.155. The molecule has 0 spiro atoms. The molecule has 0 heterocycles. The Morgan fingerprint density at radius 2 is 2.00 bits per heavy atom. The molecule has 0 amide bonds. The molecule has 0 radical (unpaired) electrons. The molecule has 17 heavy (non-hydrogen) atoms. The van der Waals surface area contributed by atoms with Gasteiger partial charge in [-0.3, -0.25) is 4.79 Å². The van der Waals surface area contributed by atoms with Crippen LogP contribution in [0.1, 0.15) is 17.9 Å². The van der Waals surface area contributed by atoms with E-state index in [1.807, 2.05) is 0 Å². The van der Waals surface area contributed by atoms with Gasteiger partial charge in [0.1, 0.15) is 5.82 Å². The van der Waals surface area contributed by atoms with Gasteiger partial charge in [-0.2, -0.15) is 13.2 Å². The molecule has 0 aliphatic carbocycles. The fourth-order valence-electron chi connectivity index (χ4n) is 1.35. The third-order valence-corrected chi connectivity index (χ3v) is 2.88. The van der Waals surface area contributed by atoms with Crippen LogP contribution in [-0.4, -0.2) is 11.4 Å². The predicted octanol–water partition coefficient (Wildman–Crippen LogP) is 4.39. The molecular formula is C10H6BrClF4O. The average Bonchev–Trinajstić information content (AvgIpc) is 2.17. The number of halogens is 6. The monoisotopic (exact) mass is 332 g/mol. The Morgan fingerprint density at radius 1 is 1.41 bits per heavy atom. The van der Waals surface area contributed by atoms with E-state index in [0.717, 1.165) is 6.07 Å². The van der Waals surface area contributed by atoms with Crippen LogP contribution in [0.5, 0.6) is 0 Å². The Hall–Kier alpha value is -0.620. The zero-order chi connectivity index (χ0) is 13.2. The Balaban J connectivity index is 3.22. The summed E-state index contributed by atoms with van der Waals surface area (Å²) in [4.78, 5) is 10.6. The lowest BCUT2D eigenvalue weighted by Crippen LogP contribution is -2.23. The summed E-state index contributed by atoms with van der Waals surface area (Å²) in [5.41, 5.74) is -0.596. The van der Waals surface area contributed by atoms with E-state index < -0.39 is 35.1 Å². The fourth-order valence-corrected chi connectivity index (χ4v) is 1.89. The molecule has 0 aliphatic rings. The Labute approximate surface area is 108 Å². The van der Waals surface area contributed by atoms with E-state index in [-0.39, 0.29) is 4.47 Å². The second-order valence-corrected chi connectivity index (χ2v) is 4.57. The first-order valence-electron chi connectivity index (χ1n) is 4.42. The molecule has 1 nitrogen and oxygen atoms in total. The van der Waals surface area contributed by atoms with Crippen LogP contribution in [0.3, 0.4) is 0 Å². The normalized spacial score (nSPS) is 13.5. The number of alkyl halides is 3. The third kappa shape index (κ3) is 3.67. The molecule has 94 valence electrons. The maximum absolute atomic E-state index is 13.5. The van der Waals surface area contributed by atoms with Gasteiger partial charge in [0.25, 0.3) is 0 Å². The summed E-state index contributed by atoms with van der Waals surface area (Å²) >= 11 is 7.73. The molecule has 1 aromatic carbocycles. The first-order valence-corrected chi connectivity index (χ1v) is 5.59. The van der Waals surface area contributed by atoms with Gasteiger partial charge in [-0.15, -0.1) is 0 Å². The average molecular weight is 334 g/mol. The summed E-state index contributed by atoms with van der Waals surface area (Å²) in [5.74, 6) is -3.27. The van der Waals surface area contributed by atoms with Crippen LogP contribution in [0.15, 0.2) is 22.7 Å². The van der Waals surface area contributed by atoms with Gasteiger partial charge in [0, 0.05) is 12.0 Å². The van der Waals surface area contributed by atoms with Crippen molar-refractivity contribution < 1.29 is 22.4 Å². The summed E-state index contributed by atoms with van der Waals surface area (Å²) in [7, 11) is 0. The van der Waals surface area contributed by atoms with Gasteiger partial charge in [0.15, 0.2) is 0 Å². The van der Waals surface area contributed by atoms with E-state index in [2.05, 4.69) is 15.9 Å². The minimum absolute atomic E-state index is 0.0914. The van der Waals surface area contributed by atoms with Gasteiger partial charge in [-0.1, -0.05) is 12.1 Å². The Bertz CT molecular complexity index is 433. The van der Waals surface area contributed by atoms with Crippen LogP contribution < -0.4 is 0 Å². The molecule has 0 aliphatic heterocycles. The molecule has 1 aromatic rings. The second kappa shape index (κ2) is 5.35. The number of carbonyl (C=O) groups excluding carboxylic acids is 1. The lowest BCUT2D eigenvalue weighted by Gasteiger charge is -2.19. The van der Waals surface area contributed by atoms with Crippen LogP contribution in [0.25, 0.3) is 0 Å². The van der Waals surface area contributed by atoms with Crippen LogP contribution in [-0.2, 0) is 4.79 Å². The number of hydrogen-bond acceptors (Lipinski definition) is 1. The molecule has 0 fully saturated rings. The van der Waals surface area contributed by atoms with E-state index in [1.54, 1.807) is 0 Å². The highest BCUT2D eigenvalue weighted by Crippen LogP contribution is 2.40. The molecule has 1 atom stereocenters. The number of benzene rings is 1. The molecule has 7 heteroatoms. The SMILES string of the molecule is O=C(Cl)CC(c1cccc(Br)c1F)C(F)(F)F. The highest BCUT2D eigenvalue weighted by atomic mass is 79.9. The van der Waals surface area contributed by atoms with Crippen molar-refractivity contribution in [2.45, 2.75) is 18.5 Å². The number of carbonyl (C=O) groups is 1. The van der Waals surface area contributed by atoms with Crippen molar-refractivity contribution in [2.24, 2.45) is 0 Å². The highest BCUT2D eigenvalue weighted by molar-refractivity contribution is 9.10. The topological polar surface area (TPSA) is 17.1 Å². The van der Waals surface area contributed by atoms with Crippen molar-refractivity contribution in [1.29, 1.82) is 0 Å². The Kier molecular flexibility index (Phi) is 4.55. The van der Waals surface area contributed by atoms with E-state index in [0.29, 0.717) is 0 Å². The van der Waals surface area contributed by atoms with Crippen LogP contribution in [0.4, 0.5) is 17.6 Å². The van der Waals surface area contributed by atoms with Crippen molar-refractivity contribution in [3.05, 3.63) is 34.1 Å². The summed E-state index contributed by atoms with van der Waals surface area (Å²) < 4.78 is 51.5. The summed E-state index contributed by atoms with van der Waals surface area (Å²) in [6.07, 6.45) is -5.72. The molecule has 0 saturated heterocycles. The van der Waals surface area contributed by atoms with Crippen molar-refractivity contribution in [1.82, 2.24) is 0 Å². The van der Waals surface area contributed by atoms with Gasteiger partial charge >= 0.3 is 6.18 Å². The first kappa shape index (κ1) is 14.4. The summed E-state index contributed by atoms with van der Waals surface area (Å²) in [6, 6.07) is 3.52. The minimum Gasteiger partial charge on any atom is -0.281 e. The molecular weight excluding hydrogens is 327 g/mol. The smallest absolute Gasteiger partial charge is 0.281 e. The molecule has 0 saturated carbocycles. The summed E-state index contributed by atoms with van der Waals surface area (Å²) in [6.45, 7) is 0. The van der Waals surface area contributed by atoms with Crippen molar-refractivity contribution in [3.63, 3.8) is 0 Å². The third-order valence-electron chi connectivity index (χ3n) is 2.12. The van der Waals surface area contributed by atoms with E-state index in [9.17, 15) is 22.4 Å². The maximum Gasteiger partial charge on any atom is 0.396 e. The predicted molar refractivity (Wildman–Crippen MR) is 58.4 cm³/mol. The van der Waals surface area contributed by atoms with Gasteiger partial charge in [-0.25, -0.2) is 4.39 Å². The minimum atomic E-state index is -4.73. The van der Waals surface area contributed by atoms with Crippen LogP contribution in [0, 0.1) is 5.82 Å². The zero-order valence-electron chi connectivity index (χ0n) is 8.19. The number of hydrogen-bond donors (Lipinski definition) is 0. The van der Waals surface area contributed by atoms with Gasteiger partial charge in [-0.05, 0) is 33.6 Å². The van der Waals surface area contributed by atoms with Crippen molar-refractivity contribution in [3.8, 4) is 0 Å². The largest absolute Gasteiger partial charge is 0.396 e. The quantitative estimate of drug-likeness (QED) is 0.592. The van der Waals surface area contributed by atoms with Gasteiger partial charge in [0.2, 0.25) is 5.24 Å². The summed E-state index contributed by atoms with van der Waals surface area (Å²) in [5, 5.41) is -1.16. The van der Waals surface area contributed by atoms with Crippen molar-refractivity contribution >= 4 is 32.8 Å². The molecule has 0 bridgehead atoms. The van der Waals surface area contributed by atoms with Gasteiger partial charge in [0.05, 0.1) is 10.4 Å². The fraction of sp³-hybridized carbons (Fsp3) is 0.300. The molecule has 0 aromatic heterocycles. The van der Waals surface area contributed by atoms with E-state index >= 15 is 0 Å². The van der Waals surface area contributed by atoms with Gasteiger partial charge < -0.3 is 0 Å². The molecule has 1 unspecified atom stereocenters. The Morgan fingerprint density at radius 3 is 2.47 bits per heavy atom. The zero-order valence-corrected chi connectivity index (χ0v) is 10.5. The van der Waals surface area contributed by atoms with Crippen LogP contribution in [0.2, 0.25) is 0 Å². The van der Waals surface area contributed by atoms with Crippen molar-refractivity contribution in [2.75, 3.05) is 0 Å². The first-order chi connectivity index (χ1) is 7.73. The second-order valence-electron chi connectivity index (χ2n) is 3.30. The molecule has 0 N–H and O–H groups in total. The van der Waals surface area contributed by atoms with E-state index in [1.165, 1.54) is 12.1 Å². The number of rotatable bonds is 3. The van der Waals surface area contributed by atoms with E-state index in [4.69, 9.17) is 11.6 Å².